The number of allylic oxidation sites excluding steroid dienone is 2. The molecule has 0 fully saturated rings. The minimum absolute atomic E-state index is 0.00000567. The molecule has 3 rings (SSSR count). The third-order valence-corrected chi connectivity index (χ3v) is 5.97. The SMILES string of the molecule is CCC/C(=C(/C)CC)c1cncc(C(=O)O)n1.Cc1cc(Br)ccc1OCc1ccc(Cl)cc1F. The van der Waals surface area contributed by atoms with E-state index in [4.69, 9.17) is 21.4 Å². The number of aryl methyl sites for hydroxylation is 1. The van der Waals surface area contributed by atoms with Gasteiger partial charge in [0.05, 0.1) is 18.1 Å². The van der Waals surface area contributed by atoms with Gasteiger partial charge in [-0.05, 0) is 68.2 Å². The van der Waals surface area contributed by atoms with Crippen molar-refractivity contribution in [2.75, 3.05) is 0 Å². The van der Waals surface area contributed by atoms with Crippen LogP contribution in [-0.2, 0) is 6.61 Å². The lowest BCUT2D eigenvalue weighted by Gasteiger charge is -2.10. The molecular formula is C27H29BrClFN2O3. The average molecular weight is 564 g/mol. The summed E-state index contributed by atoms with van der Waals surface area (Å²) in [5, 5.41) is 9.28. The van der Waals surface area contributed by atoms with Gasteiger partial charge in [0.15, 0.2) is 5.69 Å². The van der Waals surface area contributed by atoms with Gasteiger partial charge in [-0.15, -0.1) is 0 Å². The number of ether oxygens (including phenoxy) is 1. The minimum Gasteiger partial charge on any atom is -0.489 e. The standard InChI is InChI=1S/C14H11BrClFO.C13H18N2O2/c1-9-6-11(15)3-5-14(9)18-8-10-2-4-12(16)7-13(10)17;1-4-6-10(9(3)5-2)11-7-14-8-12(15-11)13(16)17/h2-7H,8H2,1H3;7-8H,4-6H2,1-3H3,(H,16,17)/b;10-9+. The van der Waals surface area contributed by atoms with Crippen LogP contribution in [0.5, 0.6) is 5.75 Å². The minimum atomic E-state index is -1.04. The fourth-order valence-corrected chi connectivity index (χ4v) is 3.84. The van der Waals surface area contributed by atoms with Crippen LogP contribution in [0.4, 0.5) is 4.39 Å². The Morgan fingerprint density at radius 1 is 1.14 bits per heavy atom. The van der Waals surface area contributed by atoms with E-state index < -0.39 is 5.97 Å². The van der Waals surface area contributed by atoms with Gasteiger partial charge in [0, 0.05) is 15.1 Å². The molecule has 1 aromatic heterocycles. The summed E-state index contributed by atoms with van der Waals surface area (Å²) in [6, 6.07) is 10.3. The summed E-state index contributed by atoms with van der Waals surface area (Å²) in [4.78, 5) is 18.9. The van der Waals surface area contributed by atoms with Crippen molar-refractivity contribution in [3.05, 3.63) is 92.2 Å². The first-order chi connectivity index (χ1) is 16.7. The maximum Gasteiger partial charge on any atom is 0.356 e. The third-order valence-electron chi connectivity index (χ3n) is 5.24. The predicted octanol–water partition coefficient (Wildman–Crippen LogP) is 8.29. The lowest BCUT2D eigenvalue weighted by molar-refractivity contribution is 0.0690. The molecule has 186 valence electrons. The van der Waals surface area contributed by atoms with Crippen molar-refractivity contribution in [2.45, 2.75) is 53.6 Å². The number of halogens is 3. The number of benzene rings is 2. The molecule has 1 heterocycles. The molecule has 0 saturated heterocycles. The second kappa shape index (κ2) is 14.0. The van der Waals surface area contributed by atoms with Crippen LogP contribution in [0, 0.1) is 12.7 Å². The number of aromatic nitrogens is 2. The van der Waals surface area contributed by atoms with Crippen molar-refractivity contribution >= 4 is 39.1 Å². The number of aromatic carboxylic acids is 1. The Hall–Kier alpha value is -2.77. The van der Waals surface area contributed by atoms with Gasteiger partial charge >= 0.3 is 5.97 Å². The van der Waals surface area contributed by atoms with E-state index in [-0.39, 0.29) is 18.1 Å². The molecule has 0 radical (unpaired) electrons. The molecule has 0 saturated carbocycles. The van der Waals surface area contributed by atoms with Crippen molar-refractivity contribution in [1.29, 1.82) is 0 Å². The van der Waals surface area contributed by atoms with Crippen molar-refractivity contribution in [1.82, 2.24) is 9.97 Å². The highest BCUT2D eigenvalue weighted by Gasteiger charge is 2.11. The number of carboxylic acid groups (broad SMARTS) is 1. The van der Waals surface area contributed by atoms with E-state index in [9.17, 15) is 9.18 Å². The molecule has 1 N–H and O–H groups in total. The van der Waals surface area contributed by atoms with Crippen LogP contribution in [0.15, 0.2) is 58.8 Å². The molecule has 2 aromatic carbocycles. The van der Waals surface area contributed by atoms with E-state index in [1.165, 1.54) is 17.8 Å². The van der Waals surface area contributed by atoms with E-state index in [2.05, 4.69) is 46.7 Å². The van der Waals surface area contributed by atoms with Crippen LogP contribution in [0.25, 0.3) is 5.57 Å². The Bertz CT molecular complexity index is 1150. The zero-order chi connectivity index (χ0) is 26.0. The van der Waals surface area contributed by atoms with Gasteiger partial charge in [0.25, 0.3) is 0 Å². The van der Waals surface area contributed by atoms with Crippen LogP contribution in [0.3, 0.4) is 0 Å². The van der Waals surface area contributed by atoms with Crippen LogP contribution in [-0.4, -0.2) is 21.0 Å². The lowest BCUT2D eigenvalue weighted by atomic mass is 10.00. The number of nitrogens with zero attached hydrogens (tertiary/aromatic N) is 2. The summed E-state index contributed by atoms with van der Waals surface area (Å²) in [5.41, 5.74) is 4.53. The third kappa shape index (κ3) is 8.75. The van der Waals surface area contributed by atoms with Crippen molar-refractivity contribution < 1.29 is 19.0 Å². The Balaban J connectivity index is 0.000000247. The number of rotatable bonds is 8. The molecule has 0 atom stereocenters. The molecule has 0 amide bonds. The second-order valence-corrected chi connectivity index (χ2v) is 9.24. The van der Waals surface area contributed by atoms with Crippen LogP contribution >= 0.6 is 27.5 Å². The average Bonchev–Trinajstić information content (AvgIpc) is 2.83. The Labute approximate surface area is 219 Å². The summed E-state index contributed by atoms with van der Waals surface area (Å²) < 4.78 is 20.1. The largest absolute Gasteiger partial charge is 0.489 e. The van der Waals surface area contributed by atoms with E-state index in [0.717, 1.165) is 40.6 Å². The van der Waals surface area contributed by atoms with Gasteiger partial charge in [0.2, 0.25) is 0 Å². The number of carbonyl (C=O) groups is 1. The van der Waals surface area contributed by atoms with E-state index in [1.807, 2.05) is 25.1 Å². The summed E-state index contributed by atoms with van der Waals surface area (Å²) in [5.74, 6) is -0.644. The number of carboxylic acids is 1. The van der Waals surface area contributed by atoms with Crippen molar-refractivity contribution in [3.63, 3.8) is 0 Å². The number of hydrogen-bond acceptors (Lipinski definition) is 4. The molecule has 35 heavy (non-hydrogen) atoms. The first-order valence-electron chi connectivity index (χ1n) is 11.2. The Kier molecular flexibility index (Phi) is 11.3. The first-order valence-corrected chi connectivity index (χ1v) is 12.4. The molecule has 3 aromatic rings. The van der Waals surface area contributed by atoms with E-state index >= 15 is 0 Å². The molecule has 8 heteroatoms. The van der Waals surface area contributed by atoms with E-state index in [0.29, 0.717) is 16.3 Å². The molecular weight excluding hydrogens is 535 g/mol. The maximum atomic E-state index is 13.5. The number of hydrogen-bond donors (Lipinski definition) is 1. The highest BCUT2D eigenvalue weighted by Crippen LogP contribution is 2.25. The predicted molar refractivity (Wildman–Crippen MR) is 141 cm³/mol. The highest BCUT2D eigenvalue weighted by molar-refractivity contribution is 9.10. The van der Waals surface area contributed by atoms with Crippen LogP contribution < -0.4 is 4.74 Å². The van der Waals surface area contributed by atoms with Crippen molar-refractivity contribution in [2.24, 2.45) is 0 Å². The van der Waals surface area contributed by atoms with Crippen LogP contribution in [0.1, 0.15) is 67.3 Å². The summed E-state index contributed by atoms with van der Waals surface area (Å²) in [6.45, 7) is 8.36. The zero-order valence-corrected chi connectivity index (χ0v) is 22.6. The van der Waals surface area contributed by atoms with Gasteiger partial charge in [-0.3, -0.25) is 4.98 Å². The van der Waals surface area contributed by atoms with Gasteiger partial charge in [-0.1, -0.05) is 59.4 Å². The van der Waals surface area contributed by atoms with Gasteiger partial charge in [-0.25, -0.2) is 14.2 Å². The Morgan fingerprint density at radius 2 is 1.86 bits per heavy atom. The van der Waals surface area contributed by atoms with Crippen molar-refractivity contribution in [3.8, 4) is 5.75 Å². The smallest absolute Gasteiger partial charge is 0.356 e. The topological polar surface area (TPSA) is 72.3 Å². The normalized spacial score (nSPS) is 11.3. The molecule has 0 spiro atoms. The fraction of sp³-hybridized carbons (Fsp3) is 0.296. The van der Waals surface area contributed by atoms with Crippen LogP contribution in [0.2, 0.25) is 5.02 Å². The zero-order valence-electron chi connectivity index (χ0n) is 20.2. The van der Waals surface area contributed by atoms with Gasteiger partial charge in [0.1, 0.15) is 18.2 Å². The summed E-state index contributed by atoms with van der Waals surface area (Å²) >= 11 is 9.07. The van der Waals surface area contributed by atoms with Gasteiger partial charge in [-0.2, -0.15) is 0 Å². The van der Waals surface area contributed by atoms with E-state index in [1.54, 1.807) is 18.3 Å². The quantitative estimate of drug-likeness (QED) is 0.298. The molecule has 5 nitrogen and oxygen atoms in total. The second-order valence-electron chi connectivity index (χ2n) is 7.89. The molecule has 0 bridgehead atoms. The Morgan fingerprint density at radius 3 is 2.46 bits per heavy atom. The molecule has 0 aliphatic heterocycles. The maximum absolute atomic E-state index is 13.5. The fourth-order valence-electron chi connectivity index (χ4n) is 3.21. The lowest BCUT2D eigenvalue weighted by Crippen LogP contribution is -2.04. The first kappa shape index (κ1) is 28.5. The molecule has 0 aliphatic rings. The summed E-state index contributed by atoms with van der Waals surface area (Å²) in [6.07, 6.45) is 5.75. The molecule has 0 aliphatic carbocycles. The van der Waals surface area contributed by atoms with Gasteiger partial charge < -0.3 is 9.84 Å². The monoisotopic (exact) mass is 562 g/mol. The highest BCUT2D eigenvalue weighted by atomic mass is 79.9. The molecule has 0 unspecified atom stereocenters. The summed E-state index contributed by atoms with van der Waals surface area (Å²) in [7, 11) is 0.